The average molecular weight is 249 g/mol. The largest absolute Gasteiger partial charge is 0.345 e. The van der Waals surface area contributed by atoms with Crippen molar-refractivity contribution < 1.29 is 8.78 Å². The van der Waals surface area contributed by atoms with Crippen LogP contribution in [-0.4, -0.2) is 4.57 Å². The van der Waals surface area contributed by atoms with Crippen LogP contribution in [0.3, 0.4) is 0 Å². The summed E-state index contributed by atoms with van der Waals surface area (Å²) in [4.78, 5) is 0. The molecule has 0 spiro atoms. The third-order valence-corrected chi connectivity index (χ3v) is 3.48. The van der Waals surface area contributed by atoms with Gasteiger partial charge in [0.05, 0.1) is 6.54 Å². The number of halogens is 2. The summed E-state index contributed by atoms with van der Waals surface area (Å²) >= 11 is 0. The van der Waals surface area contributed by atoms with Gasteiger partial charge in [-0.2, -0.15) is 8.78 Å². The number of aromatic nitrogens is 1. The Morgan fingerprint density at radius 1 is 1.06 bits per heavy atom. The van der Waals surface area contributed by atoms with Gasteiger partial charge < -0.3 is 4.57 Å². The highest BCUT2D eigenvalue weighted by Gasteiger charge is 2.32. The van der Waals surface area contributed by atoms with Gasteiger partial charge in [0.15, 0.2) is 0 Å². The third-order valence-electron chi connectivity index (χ3n) is 3.48. The van der Waals surface area contributed by atoms with Crippen molar-refractivity contribution in [2.24, 2.45) is 0 Å². The summed E-state index contributed by atoms with van der Waals surface area (Å²) in [5, 5.41) is 0. The first-order chi connectivity index (χ1) is 8.42. The van der Waals surface area contributed by atoms with Crippen LogP contribution in [0, 0.1) is 20.8 Å². The van der Waals surface area contributed by atoms with Gasteiger partial charge in [0, 0.05) is 17.5 Å². The van der Waals surface area contributed by atoms with Gasteiger partial charge in [0.25, 0.3) is 5.92 Å². The van der Waals surface area contributed by atoms with Crippen LogP contribution in [0.2, 0.25) is 0 Å². The van der Waals surface area contributed by atoms with Crippen LogP contribution in [0.25, 0.3) is 0 Å². The van der Waals surface area contributed by atoms with Gasteiger partial charge in [-0.3, -0.25) is 0 Å². The first-order valence-electron chi connectivity index (χ1n) is 5.98. The average Bonchev–Trinajstić information content (AvgIpc) is 2.58. The molecule has 0 fully saturated rings. The van der Waals surface area contributed by atoms with Crippen LogP contribution < -0.4 is 0 Å². The molecule has 0 unspecified atom stereocenters. The standard InChI is InChI=1S/C15H17F2N/c1-11-9-18(13(3)12(11)2)10-15(16,17)14-7-5-4-6-8-14/h4-9H,10H2,1-3H3. The van der Waals surface area contributed by atoms with Crippen molar-refractivity contribution in [3.63, 3.8) is 0 Å². The molecule has 96 valence electrons. The molecule has 18 heavy (non-hydrogen) atoms. The Bertz CT molecular complexity index is 541. The quantitative estimate of drug-likeness (QED) is 0.768. The van der Waals surface area contributed by atoms with Gasteiger partial charge in [0.2, 0.25) is 0 Å². The summed E-state index contributed by atoms with van der Waals surface area (Å²) in [6.45, 7) is 5.47. The van der Waals surface area contributed by atoms with E-state index < -0.39 is 5.92 Å². The van der Waals surface area contributed by atoms with Gasteiger partial charge >= 0.3 is 0 Å². The normalized spacial score (nSPS) is 11.8. The van der Waals surface area contributed by atoms with E-state index in [4.69, 9.17) is 0 Å². The molecule has 0 aliphatic heterocycles. The summed E-state index contributed by atoms with van der Waals surface area (Å²) in [5.74, 6) is -2.84. The zero-order valence-electron chi connectivity index (χ0n) is 10.9. The number of benzene rings is 1. The summed E-state index contributed by atoms with van der Waals surface area (Å²) in [6.07, 6.45) is 1.79. The Kier molecular flexibility index (Phi) is 3.24. The minimum absolute atomic E-state index is 0.0633. The highest BCUT2D eigenvalue weighted by atomic mass is 19.3. The predicted molar refractivity (Wildman–Crippen MR) is 69.0 cm³/mol. The van der Waals surface area contributed by atoms with Crippen molar-refractivity contribution >= 4 is 0 Å². The minimum Gasteiger partial charge on any atom is -0.345 e. The zero-order chi connectivity index (χ0) is 13.3. The van der Waals surface area contributed by atoms with Gasteiger partial charge in [-0.05, 0) is 31.9 Å². The van der Waals surface area contributed by atoms with E-state index in [-0.39, 0.29) is 12.1 Å². The Morgan fingerprint density at radius 2 is 1.67 bits per heavy atom. The van der Waals surface area contributed by atoms with E-state index in [1.165, 1.54) is 12.1 Å². The van der Waals surface area contributed by atoms with Crippen LogP contribution in [0.1, 0.15) is 22.4 Å². The first-order valence-corrected chi connectivity index (χ1v) is 5.98. The maximum Gasteiger partial charge on any atom is 0.290 e. The molecule has 2 rings (SSSR count). The van der Waals surface area contributed by atoms with Crippen LogP contribution in [0.5, 0.6) is 0 Å². The number of alkyl halides is 2. The summed E-state index contributed by atoms with van der Waals surface area (Å²) < 4.78 is 29.9. The third kappa shape index (κ3) is 2.30. The van der Waals surface area contributed by atoms with Crippen molar-refractivity contribution in [3.8, 4) is 0 Å². The molecular weight excluding hydrogens is 232 g/mol. The lowest BCUT2D eigenvalue weighted by molar-refractivity contribution is -0.0226. The molecule has 0 amide bonds. The van der Waals surface area contributed by atoms with Crippen LogP contribution in [0.4, 0.5) is 8.78 Å². The van der Waals surface area contributed by atoms with Crippen molar-refractivity contribution in [3.05, 3.63) is 58.9 Å². The molecule has 1 aromatic carbocycles. The van der Waals surface area contributed by atoms with Gasteiger partial charge in [0.1, 0.15) is 0 Å². The van der Waals surface area contributed by atoms with E-state index in [1.54, 1.807) is 29.0 Å². The van der Waals surface area contributed by atoms with E-state index >= 15 is 0 Å². The van der Waals surface area contributed by atoms with Gasteiger partial charge in [-0.1, -0.05) is 30.3 Å². The molecule has 1 nitrogen and oxygen atoms in total. The topological polar surface area (TPSA) is 4.93 Å². The smallest absolute Gasteiger partial charge is 0.290 e. The predicted octanol–water partition coefficient (Wildman–Crippen LogP) is 4.21. The molecule has 1 heterocycles. The second-order valence-corrected chi connectivity index (χ2v) is 4.72. The summed E-state index contributed by atoms with van der Waals surface area (Å²) in [6, 6.07) is 7.97. The Hall–Kier alpha value is -1.64. The maximum absolute atomic E-state index is 14.1. The molecule has 2 aromatic rings. The van der Waals surface area contributed by atoms with E-state index in [2.05, 4.69) is 0 Å². The Balaban J connectivity index is 2.30. The molecule has 1 aromatic heterocycles. The Labute approximate surface area is 106 Å². The lowest BCUT2D eigenvalue weighted by Gasteiger charge is -2.18. The molecular formula is C15H17F2N. The van der Waals surface area contributed by atoms with E-state index in [1.807, 2.05) is 20.8 Å². The summed E-state index contributed by atoms with van der Waals surface area (Å²) in [7, 11) is 0. The van der Waals surface area contributed by atoms with E-state index in [0.29, 0.717) is 0 Å². The maximum atomic E-state index is 14.1. The van der Waals surface area contributed by atoms with Crippen LogP contribution >= 0.6 is 0 Å². The molecule has 3 heteroatoms. The highest BCUT2D eigenvalue weighted by molar-refractivity contribution is 5.29. The van der Waals surface area contributed by atoms with Crippen LogP contribution in [0.15, 0.2) is 36.5 Å². The second kappa shape index (κ2) is 4.56. The molecule has 0 atom stereocenters. The van der Waals surface area contributed by atoms with Crippen molar-refractivity contribution in [2.75, 3.05) is 0 Å². The molecule has 0 saturated carbocycles. The van der Waals surface area contributed by atoms with Gasteiger partial charge in [-0.15, -0.1) is 0 Å². The fraction of sp³-hybridized carbons (Fsp3) is 0.333. The van der Waals surface area contributed by atoms with E-state index in [0.717, 1.165) is 16.8 Å². The molecule has 0 bridgehead atoms. The number of rotatable bonds is 3. The van der Waals surface area contributed by atoms with Crippen molar-refractivity contribution in [1.29, 1.82) is 0 Å². The number of hydrogen-bond acceptors (Lipinski definition) is 0. The lowest BCUT2D eigenvalue weighted by atomic mass is 10.1. The number of aryl methyl sites for hydroxylation is 1. The molecule has 0 N–H and O–H groups in total. The van der Waals surface area contributed by atoms with Crippen LogP contribution in [-0.2, 0) is 12.5 Å². The minimum atomic E-state index is -2.84. The first kappa shape index (κ1) is 12.8. The highest BCUT2D eigenvalue weighted by Crippen LogP contribution is 2.31. The van der Waals surface area contributed by atoms with Crippen molar-refractivity contribution in [1.82, 2.24) is 4.57 Å². The number of hydrogen-bond donors (Lipinski definition) is 0. The molecule has 0 saturated heterocycles. The second-order valence-electron chi connectivity index (χ2n) is 4.72. The monoisotopic (exact) mass is 249 g/mol. The lowest BCUT2D eigenvalue weighted by Crippen LogP contribution is -2.21. The Morgan fingerprint density at radius 3 is 2.17 bits per heavy atom. The zero-order valence-corrected chi connectivity index (χ0v) is 10.9. The van der Waals surface area contributed by atoms with E-state index in [9.17, 15) is 8.78 Å². The van der Waals surface area contributed by atoms with Crippen molar-refractivity contribution in [2.45, 2.75) is 33.2 Å². The molecule has 0 radical (unpaired) electrons. The molecule has 0 aliphatic rings. The fourth-order valence-electron chi connectivity index (χ4n) is 2.08. The molecule has 0 aliphatic carbocycles. The fourth-order valence-corrected chi connectivity index (χ4v) is 2.08. The SMILES string of the molecule is Cc1cn(CC(F)(F)c2ccccc2)c(C)c1C. The van der Waals surface area contributed by atoms with Gasteiger partial charge in [-0.25, -0.2) is 0 Å². The number of nitrogens with zero attached hydrogens (tertiary/aromatic N) is 1. The summed E-state index contributed by atoms with van der Waals surface area (Å²) in [5.41, 5.74) is 3.10.